The van der Waals surface area contributed by atoms with Crippen molar-refractivity contribution in [2.75, 3.05) is 11.9 Å². The molecule has 0 radical (unpaired) electrons. The van der Waals surface area contributed by atoms with E-state index in [9.17, 15) is 19.7 Å². The van der Waals surface area contributed by atoms with Crippen LogP contribution < -0.4 is 10.6 Å². The van der Waals surface area contributed by atoms with E-state index in [-0.39, 0.29) is 29.7 Å². The summed E-state index contributed by atoms with van der Waals surface area (Å²) < 4.78 is 2.96. The number of imidazole rings is 1. The highest BCUT2D eigenvalue weighted by molar-refractivity contribution is 5.94. The van der Waals surface area contributed by atoms with E-state index >= 15 is 0 Å². The molecule has 0 atom stereocenters. The SMILES string of the molecule is CC(C)C(=O)N(C)c1ccc(Cn2c(=O)n(-c3cccc([N+](=O)[O-])c3)c3ncccc32)cc1. The first-order valence-corrected chi connectivity index (χ1v) is 10.5. The molecule has 0 fully saturated rings. The van der Waals surface area contributed by atoms with Crippen molar-refractivity contribution in [1.29, 1.82) is 0 Å². The van der Waals surface area contributed by atoms with Gasteiger partial charge in [-0.3, -0.25) is 19.5 Å². The van der Waals surface area contributed by atoms with Gasteiger partial charge < -0.3 is 4.90 Å². The van der Waals surface area contributed by atoms with Crippen LogP contribution in [0.5, 0.6) is 0 Å². The van der Waals surface area contributed by atoms with Gasteiger partial charge in [0.15, 0.2) is 5.65 Å². The lowest BCUT2D eigenvalue weighted by molar-refractivity contribution is -0.384. The van der Waals surface area contributed by atoms with Crippen LogP contribution in [0, 0.1) is 16.0 Å². The summed E-state index contributed by atoms with van der Waals surface area (Å²) in [4.78, 5) is 42.3. The number of pyridine rings is 1. The number of rotatable bonds is 6. The smallest absolute Gasteiger partial charge is 0.315 e. The molecule has 0 saturated carbocycles. The topological polar surface area (TPSA) is 103 Å². The van der Waals surface area contributed by atoms with Crippen molar-refractivity contribution in [3.05, 3.63) is 93.0 Å². The Morgan fingerprint density at radius 1 is 1.12 bits per heavy atom. The number of carbonyl (C=O) groups excluding carboxylic acids is 1. The lowest BCUT2D eigenvalue weighted by Gasteiger charge is -2.19. The third kappa shape index (κ3) is 4.12. The molecule has 4 aromatic rings. The molecular weight excluding hydrogens is 422 g/mol. The zero-order valence-corrected chi connectivity index (χ0v) is 18.5. The number of aromatic nitrogens is 3. The summed E-state index contributed by atoms with van der Waals surface area (Å²) in [6.45, 7) is 3.99. The quantitative estimate of drug-likeness (QED) is 0.332. The van der Waals surface area contributed by atoms with Crippen LogP contribution >= 0.6 is 0 Å². The minimum Gasteiger partial charge on any atom is -0.315 e. The summed E-state index contributed by atoms with van der Waals surface area (Å²) in [6, 6.07) is 16.9. The van der Waals surface area contributed by atoms with Crippen molar-refractivity contribution in [3.8, 4) is 5.69 Å². The lowest BCUT2D eigenvalue weighted by atomic mass is 10.1. The third-order valence-electron chi connectivity index (χ3n) is 5.48. The molecule has 33 heavy (non-hydrogen) atoms. The van der Waals surface area contributed by atoms with Crippen molar-refractivity contribution in [2.45, 2.75) is 20.4 Å². The van der Waals surface area contributed by atoms with E-state index in [1.165, 1.54) is 16.7 Å². The fourth-order valence-corrected chi connectivity index (χ4v) is 3.74. The molecule has 9 nitrogen and oxygen atoms in total. The van der Waals surface area contributed by atoms with Crippen molar-refractivity contribution < 1.29 is 9.72 Å². The van der Waals surface area contributed by atoms with Gasteiger partial charge in [0.1, 0.15) is 0 Å². The molecule has 0 aliphatic rings. The molecule has 0 saturated heterocycles. The average molecular weight is 445 g/mol. The van der Waals surface area contributed by atoms with Crippen LogP contribution in [0.3, 0.4) is 0 Å². The molecule has 0 bridgehead atoms. The standard InChI is InChI=1S/C24H23N5O4/c1-16(2)23(30)26(3)18-11-9-17(10-12-18)15-27-21-8-5-13-25-22(21)28(24(27)31)19-6-4-7-20(14-19)29(32)33/h4-14,16H,15H2,1-3H3. The summed E-state index contributed by atoms with van der Waals surface area (Å²) in [6.07, 6.45) is 1.58. The fraction of sp³-hybridized carbons (Fsp3) is 0.208. The Labute approximate surface area is 189 Å². The van der Waals surface area contributed by atoms with Gasteiger partial charge in [0.25, 0.3) is 5.69 Å². The Morgan fingerprint density at radius 2 is 1.85 bits per heavy atom. The number of amides is 1. The van der Waals surface area contributed by atoms with Crippen LogP contribution in [-0.2, 0) is 11.3 Å². The van der Waals surface area contributed by atoms with Gasteiger partial charge in [0.2, 0.25) is 5.91 Å². The summed E-state index contributed by atoms with van der Waals surface area (Å²) >= 11 is 0. The number of fused-ring (bicyclic) bond motifs is 1. The zero-order valence-electron chi connectivity index (χ0n) is 18.5. The number of nitrogens with zero attached hydrogens (tertiary/aromatic N) is 5. The normalized spacial score (nSPS) is 11.2. The Kier molecular flexibility index (Phi) is 5.78. The molecule has 2 aromatic heterocycles. The van der Waals surface area contributed by atoms with Crippen LogP contribution in [0.15, 0.2) is 71.7 Å². The van der Waals surface area contributed by atoms with Gasteiger partial charge in [-0.1, -0.05) is 32.0 Å². The molecule has 4 rings (SSSR count). The van der Waals surface area contributed by atoms with Gasteiger partial charge in [-0.2, -0.15) is 0 Å². The van der Waals surface area contributed by atoms with Crippen LogP contribution in [0.2, 0.25) is 0 Å². The molecule has 1 amide bonds. The highest BCUT2D eigenvalue weighted by atomic mass is 16.6. The molecule has 0 spiro atoms. The number of anilines is 1. The fourth-order valence-electron chi connectivity index (χ4n) is 3.74. The first kappa shape index (κ1) is 21.9. The van der Waals surface area contributed by atoms with Crippen LogP contribution in [0.25, 0.3) is 16.9 Å². The minimum atomic E-state index is -0.496. The first-order valence-electron chi connectivity index (χ1n) is 10.5. The molecule has 9 heteroatoms. The Balaban J connectivity index is 1.74. The Morgan fingerprint density at radius 3 is 2.52 bits per heavy atom. The predicted molar refractivity (Wildman–Crippen MR) is 126 cm³/mol. The Bertz CT molecular complexity index is 1400. The Hall–Kier alpha value is -4.27. The number of hydrogen-bond donors (Lipinski definition) is 0. The van der Waals surface area contributed by atoms with Gasteiger partial charge >= 0.3 is 5.69 Å². The number of benzene rings is 2. The van der Waals surface area contributed by atoms with Crippen molar-refractivity contribution in [2.24, 2.45) is 5.92 Å². The summed E-state index contributed by atoms with van der Waals surface area (Å²) in [5, 5.41) is 11.2. The molecule has 0 aliphatic carbocycles. The second-order valence-corrected chi connectivity index (χ2v) is 8.05. The van der Waals surface area contributed by atoms with Gasteiger partial charge in [-0.25, -0.2) is 14.3 Å². The van der Waals surface area contributed by atoms with E-state index in [4.69, 9.17) is 0 Å². The third-order valence-corrected chi connectivity index (χ3v) is 5.48. The summed E-state index contributed by atoms with van der Waals surface area (Å²) in [5.41, 5.74) is 2.60. The van der Waals surface area contributed by atoms with E-state index in [2.05, 4.69) is 4.98 Å². The number of non-ortho nitro benzene ring substituents is 1. The maximum absolute atomic E-state index is 13.4. The maximum atomic E-state index is 13.4. The molecule has 168 valence electrons. The second-order valence-electron chi connectivity index (χ2n) is 8.05. The monoisotopic (exact) mass is 445 g/mol. The van der Waals surface area contributed by atoms with E-state index < -0.39 is 4.92 Å². The average Bonchev–Trinajstić information content (AvgIpc) is 3.09. The van der Waals surface area contributed by atoms with Crippen molar-refractivity contribution in [1.82, 2.24) is 14.1 Å². The van der Waals surface area contributed by atoms with E-state index in [0.717, 1.165) is 11.3 Å². The predicted octanol–water partition coefficient (Wildman–Crippen LogP) is 3.76. The van der Waals surface area contributed by atoms with Gasteiger partial charge in [-0.15, -0.1) is 0 Å². The van der Waals surface area contributed by atoms with Crippen molar-refractivity contribution in [3.63, 3.8) is 0 Å². The van der Waals surface area contributed by atoms with Gasteiger partial charge in [0.05, 0.1) is 22.7 Å². The number of carbonyl (C=O) groups is 1. The van der Waals surface area contributed by atoms with Crippen LogP contribution in [0.1, 0.15) is 19.4 Å². The number of nitro groups is 1. The highest BCUT2D eigenvalue weighted by Gasteiger charge is 2.18. The summed E-state index contributed by atoms with van der Waals surface area (Å²) in [7, 11) is 1.74. The second kappa shape index (κ2) is 8.70. The maximum Gasteiger partial charge on any atom is 0.335 e. The number of hydrogen-bond acceptors (Lipinski definition) is 5. The van der Waals surface area contributed by atoms with Gasteiger partial charge in [-0.05, 0) is 35.9 Å². The molecule has 0 aliphatic heterocycles. The lowest BCUT2D eigenvalue weighted by Crippen LogP contribution is -2.30. The van der Waals surface area contributed by atoms with E-state index in [1.807, 2.05) is 38.1 Å². The molecular formula is C24H23N5O4. The highest BCUT2D eigenvalue weighted by Crippen LogP contribution is 2.21. The number of nitro benzene ring substituents is 1. The minimum absolute atomic E-state index is 0.0186. The van der Waals surface area contributed by atoms with E-state index in [0.29, 0.717) is 16.9 Å². The van der Waals surface area contributed by atoms with Crippen LogP contribution in [-0.4, -0.2) is 32.0 Å². The molecule has 2 aromatic carbocycles. The summed E-state index contributed by atoms with van der Waals surface area (Å²) in [5.74, 6) is -0.0919. The largest absolute Gasteiger partial charge is 0.335 e. The van der Waals surface area contributed by atoms with Crippen LogP contribution in [0.4, 0.5) is 11.4 Å². The molecule has 0 unspecified atom stereocenters. The molecule has 0 N–H and O–H groups in total. The van der Waals surface area contributed by atoms with Crippen molar-refractivity contribution >= 4 is 28.4 Å². The first-order chi connectivity index (χ1) is 15.8. The molecule has 2 heterocycles. The van der Waals surface area contributed by atoms with E-state index in [1.54, 1.807) is 47.0 Å². The van der Waals surface area contributed by atoms with Gasteiger partial charge in [0, 0.05) is 37.0 Å². The zero-order chi connectivity index (χ0) is 23.7.